The number of nitrogens with two attached hydrogens (primary N) is 1. The molecule has 1 atom stereocenters. The Kier molecular flexibility index (Phi) is 4.25. The van der Waals surface area contributed by atoms with E-state index in [-0.39, 0.29) is 17.4 Å². The van der Waals surface area contributed by atoms with Gasteiger partial charge in [-0.3, -0.25) is 9.69 Å². The average Bonchev–Trinajstić information content (AvgIpc) is 2.72. The molecule has 0 spiro atoms. The molecule has 0 bridgehead atoms. The minimum absolute atomic E-state index is 0.0308. The van der Waals surface area contributed by atoms with Gasteiger partial charge in [0.2, 0.25) is 5.91 Å². The van der Waals surface area contributed by atoms with Crippen LogP contribution in [0.1, 0.15) is 27.2 Å². The Morgan fingerprint density at radius 2 is 2.20 bits per heavy atom. The van der Waals surface area contributed by atoms with Crippen molar-refractivity contribution in [1.82, 2.24) is 4.90 Å². The van der Waals surface area contributed by atoms with Gasteiger partial charge in [-0.25, -0.2) is 0 Å². The third-order valence-corrected chi connectivity index (χ3v) is 4.14. The zero-order valence-corrected chi connectivity index (χ0v) is 13.0. The predicted octanol–water partition coefficient (Wildman–Crippen LogP) is 2.98. The first-order valence-corrected chi connectivity index (χ1v) is 7.26. The van der Waals surface area contributed by atoms with E-state index >= 15 is 0 Å². The Morgan fingerprint density at radius 1 is 1.50 bits per heavy atom. The van der Waals surface area contributed by atoms with Crippen molar-refractivity contribution in [3.8, 4) is 0 Å². The first-order chi connectivity index (χ1) is 9.28. The number of amides is 1. The maximum atomic E-state index is 12.3. The highest BCUT2D eigenvalue weighted by molar-refractivity contribution is 6.31. The van der Waals surface area contributed by atoms with E-state index in [4.69, 9.17) is 17.3 Å². The highest BCUT2D eigenvalue weighted by Gasteiger charge is 2.34. The summed E-state index contributed by atoms with van der Waals surface area (Å²) in [4.78, 5) is 14.5. The zero-order valence-electron chi connectivity index (χ0n) is 12.2. The van der Waals surface area contributed by atoms with Crippen LogP contribution >= 0.6 is 11.6 Å². The van der Waals surface area contributed by atoms with Gasteiger partial charge in [-0.05, 0) is 43.5 Å². The molecule has 3 N–H and O–H groups in total. The SMILES string of the molecule is CC(C(=O)Nc1ccc(Cl)cc1N)N1CCC(C)(C)C1. The molecule has 4 nitrogen and oxygen atoms in total. The van der Waals surface area contributed by atoms with Crippen molar-refractivity contribution >= 4 is 28.9 Å². The topological polar surface area (TPSA) is 58.4 Å². The van der Waals surface area contributed by atoms with E-state index in [2.05, 4.69) is 24.1 Å². The van der Waals surface area contributed by atoms with Gasteiger partial charge in [0.1, 0.15) is 0 Å². The third-order valence-electron chi connectivity index (χ3n) is 3.91. The van der Waals surface area contributed by atoms with Crippen LogP contribution in [0, 0.1) is 5.41 Å². The lowest BCUT2D eigenvalue weighted by Gasteiger charge is -2.25. The number of anilines is 2. The molecule has 0 aliphatic carbocycles. The summed E-state index contributed by atoms with van der Waals surface area (Å²) in [6.45, 7) is 8.29. The van der Waals surface area contributed by atoms with E-state index in [1.54, 1.807) is 18.2 Å². The number of carbonyl (C=O) groups is 1. The van der Waals surface area contributed by atoms with Gasteiger partial charge in [-0.2, -0.15) is 0 Å². The van der Waals surface area contributed by atoms with Crippen LogP contribution in [0.25, 0.3) is 0 Å². The molecule has 1 heterocycles. The van der Waals surface area contributed by atoms with Gasteiger partial charge >= 0.3 is 0 Å². The van der Waals surface area contributed by atoms with Crippen molar-refractivity contribution < 1.29 is 4.79 Å². The summed E-state index contributed by atoms with van der Waals surface area (Å²) in [5, 5.41) is 3.44. The van der Waals surface area contributed by atoms with E-state index in [0.717, 1.165) is 19.5 Å². The molecule has 1 aliphatic heterocycles. The largest absolute Gasteiger partial charge is 0.397 e. The summed E-state index contributed by atoms with van der Waals surface area (Å²) in [6, 6.07) is 4.93. The van der Waals surface area contributed by atoms with E-state index in [9.17, 15) is 4.79 Å². The molecule has 1 saturated heterocycles. The first kappa shape index (κ1) is 15.1. The Hall–Kier alpha value is -1.26. The number of nitrogen functional groups attached to an aromatic ring is 1. The monoisotopic (exact) mass is 295 g/mol. The van der Waals surface area contributed by atoms with Crippen molar-refractivity contribution in [2.24, 2.45) is 5.41 Å². The number of nitrogens with one attached hydrogen (secondary N) is 1. The molecule has 20 heavy (non-hydrogen) atoms. The summed E-state index contributed by atoms with van der Waals surface area (Å²) in [5.74, 6) is -0.0308. The number of halogens is 1. The van der Waals surface area contributed by atoms with Crippen LogP contribution in [-0.4, -0.2) is 29.9 Å². The molecule has 0 radical (unpaired) electrons. The summed E-state index contributed by atoms with van der Waals surface area (Å²) in [5.41, 5.74) is 7.24. The molecule has 110 valence electrons. The van der Waals surface area contributed by atoms with Crippen LogP contribution in [0.2, 0.25) is 5.02 Å². The molecule has 0 saturated carbocycles. The van der Waals surface area contributed by atoms with Crippen molar-refractivity contribution in [3.63, 3.8) is 0 Å². The smallest absolute Gasteiger partial charge is 0.241 e. The summed E-state index contributed by atoms with van der Waals surface area (Å²) in [6.07, 6.45) is 1.12. The van der Waals surface area contributed by atoms with Crippen molar-refractivity contribution in [1.29, 1.82) is 0 Å². The van der Waals surface area contributed by atoms with E-state index in [1.165, 1.54) is 0 Å². The van der Waals surface area contributed by atoms with Crippen LogP contribution in [0.3, 0.4) is 0 Å². The lowest BCUT2D eigenvalue weighted by molar-refractivity contribution is -0.120. The minimum atomic E-state index is -0.160. The normalized spacial score (nSPS) is 19.8. The number of carbonyl (C=O) groups excluding carboxylic acids is 1. The Labute approximate surface area is 125 Å². The van der Waals surface area contributed by atoms with Crippen LogP contribution in [0.4, 0.5) is 11.4 Å². The molecule has 1 aromatic carbocycles. The van der Waals surface area contributed by atoms with Crippen molar-refractivity contribution in [2.75, 3.05) is 24.1 Å². The summed E-state index contributed by atoms with van der Waals surface area (Å²) < 4.78 is 0. The van der Waals surface area contributed by atoms with E-state index < -0.39 is 0 Å². The standard InChI is InChI=1S/C15H22ClN3O/c1-10(19-7-6-15(2,3)9-19)14(20)18-13-5-4-11(16)8-12(13)17/h4-5,8,10H,6-7,9,17H2,1-3H3,(H,18,20). The Balaban J connectivity index is 2.01. The molecule has 1 aromatic rings. The maximum Gasteiger partial charge on any atom is 0.241 e. The quantitative estimate of drug-likeness (QED) is 0.843. The van der Waals surface area contributed by atoms with Crippen molar-refractivity contribution in [3.05, 3.63) is 23.2 Å². The van der Waals surface area contributed by atoms with Crippen LogP contribution < -0.4 is 11.1 Å². The minimum Gasteiger partial charge on any atom is -0.397 e. The van der Waals surface area contributed by atoms with Gasteiger partial charge in [0.05, 0.1) is 17.4 Å². The Morgan fingerprint density at radius 3 is 2.75 bits per heavy atom. The third kappa shape index (κ3) is 3.44. The van der Waals surface area contributed by atoms with Gasteiger partial charge in [0, 0.05) is 11.6 Å². The number of rotatable bonds is 3. The molecular formula is C15H22ClN3O. The van der Waals surface area contributed by atoms with E-state index in [1.807, 2.05) is 6.92 Å². The van der Waals surface area contributed by atoms with Crippen LogP contribution in [0.5, 0.6) is 0 Å². The molecule has 1 fully saturated rings. The van der Waals surface area contributed by atoms with E-state index in [0.29, 0.717) is 16.4 Å². The second-order valence-electron chi connectivity index (χ2n) is 6.28. The fourth-order valence-corrected chi connectivity index (χ4v) is 2.72. The van der Waals surface area contributed by atoms with Gasteiger partial charge in [0.25, 0.3) is 0 Å². The number of hydrogen-bond acceptors (Lipinski definition) is 3. The highest BCUT2D eigenvalue weighted by Crippen LogP contribution is 2.30. The number of likely N-dealkylation sites (tertiary alicyclic amines) is 1. The molecule has 1 aliphatic rings. The van der Waals surface area contributed by atoms with Gasteiger partial charge < -0.3 is 11.1 Å². The van der Waals surface area contributed by atoms with Crippen LogP contribution in [-0.2, 0) is 4.79 Å². The number of hydrogen-bond donors (Lipinski definition) is 2. The summed E-state index contributed by atoms with van der Waals surface area (Å²) in [7, 11) is 0. The zero-order chi connectivity index (χ0) is 14.9. The van der Waals surface area contributed by atoms with Gasteiger partial charge in [-0.15, -0.1) is 0 Å². The lowest BCUT2D eigenvalue weighted by atomic mass is 9.93. The second kappa shape index (κ2) is 5.62. The fourth-order valence-electron chi connectivity index (χ4n) is 2.54. The predicted molar refractivity (Wildman–Crippen MR) is 83.9 cm³/mol. The second-order valence-corrected chi connectivity index (χ2v) is 6.72. The molecule has 5 heteroatoms. The molecule has 1 amide bonds. The molecular weight excluding hydrogens is 274 g/mol. The average molecular weight is 296 g/mol. The fraction of sp³-hybridized carbons (Fsp3) is 0.533. The molecule has 1 unspecified atom stereocenters. The first-order valence-electron chi connectivity index (χ1n) is 6.88. The lowest BCUT2D eigenvalue weighted by Crippen LogP contribution is -2.41. The molecule has 2 rings (SSSR count). The molecule has 0 aromatic heterocycles. The summed E-state index contributed by atoms with van der Waals surface area (Å²) >= 11 is 5.85. The van der Waals surface area contributed by atoms with Gasteiger partial charge in [-0.1, -0.05) is 25.4 Å². The van der Waals surface area contributed by atoms with Crippen molar-refractivity contribution in [2.45, 2.75) is 33.2 Å². The number of nitrogens with zero attached hydrogens (tertiary/aromatic N) is 1. The van der Waals surface area contributed by atoms with Gasteiger partial charge in [0.15, 0.2) is 0 Å². The van der Waals surface area contributed by atoms with Crippen LogP contribution in [0.15, 0.2) is 18.2 Å². The Bertz CT molecular complexity index is 516. The highest BCUT2D eigenvalue weighted by atomic mass is 35.5. The number of benzene rings is 1. The maximum absolute atomic E-state index is 12.3.